The second kappa shape index (κ2) is 6.17. The van der Waals surface area contributed by atoms with E-state index >= 15 is 0 Å². The number of hydrogen-bond donors (Lipinski definition) is 0. The molecule has 0 aromatic heterocycles. The molecule has 0 unspecified atom stereocenters. The summed E-state index contributed by atoms with van der Waals surface area (Å²) in [6.45, 7) is 7.11. The molecule has 0 radical (unpaired) electrons. The van der Waals surface area contributed by atoms with Gasteiger partial charge in [-0.05, 0) is 74.5 Å². The van der Waals surface area contributed by atoms with Crippen molar-refractivity contribution in [1.82, 2.24) is 9.80 Å². The number of hydrogen-bond acceptors (Lipinski definition) is 5. The van der Waals surface area contributed by atoms with E-state index in [1.165, 1.54) is 35.3 Å². The quantitative estimate of drug-likeness (QED) is 0.726. The van der Waals surface area contributed by atoms with Gasteiger partial charge in [0, 0.05) is 49.4 Å². The molecule has 0 aliphatic carbocycles. The van der Waals surface area contributed by atoms with Gasteiger partial charge in [0.15, 0.2) is 0 Å². The molecule has 5 heteroatoms. The second-order valence-corrected chi connectivity index (χ2v) is 10.7. The van der Waals surface area contributed by atoms with Gasteiger partial charge in [-0.1, -0.05) is 13.8 Å². The van der Waals surface area contributed by atoms with Crippen molar-refractivity contribution in [2.45, 2.75) is 49.9 Å². The molecule has 0 amide bonds. The Morgan fingerprint density at radius 2 is 1.13 bits per heavy atom. The minimum Gasteiger partial charge on any atom is -0.457 e. The van der Waals surface area contributed by atoms with Gasteiger partial charge >= 0.3 is 0 Å². The largest absolute Gasteiger partial charge is 0.457 e. The molecule has 4 aliphatic rings. The smallest absolute Gasteiger partial charge is 0.127 e. The summed E-state index contributed by atoms with van der Waals surface area (Å²) >= 11 is 0. The summed E-state index contributed by atoms with van der Waals surface area (Å²) in [7, 11) is 8.94. The van der Waals surface area contributed by atoms with Gasteiger partial charge in [0.1, 0.15) is 11.5 Å². The Balaban J connectivity index is 1.34. The van der Waals surface area contributed by atoms with Gasteiger partial charge in [0.05, 0.1) is 12.3 Å². The molecule has 164 valence electrons. The lowest BCUT2D eigenvalue weighted by Gasteiger charge is -2.32. The lowest BCUT2D eigenvalue weighted by atomic mass is 9.81. The zero-order valence-electron chi connectivity index (χ0n) is 19.6. The predicted octanol–water partition coefficient (Wildman–Crippen LogP) is 4.22. The maximum atomic E-state index is 6.48. The Kier molecular flexibility index (Phi) is 3.87. The van der Waals surface area contributed by atoms with E-state index in [0.29, 0.717) is 12.3 Å². The first-order chi connectivity index (χ1) is 14.7. The van der Waals surface area contributed by atoms with Crippen molar-refractivity contribution in [3.05, 3.63) is 47.5 Å². The number of rotatable bonds is 2. The highest BCUT2D eigenvalue weighted by Crippen LogP contribution is 2.53. The van der Waals surface area contributed by atoms with Crippen LogP contribution in [0.5, 0.6) is 11.5 Å². The van der Waals surface area contributed by atoms with Crippen molar-refractivity contribution in [3.63, 3.8) is 0 Å². The van der Waals surface area contributed by atoms with Gasteiger partial charge in [0.25, 0.3) is 0 Å². The molecule has 5 nitrogen and oxygen atoms in total. The minimum absolute atomic E-state index is 0.161. The maximum absolute atomic E-state index is 6.48. The molecule has 0 saturated carbocycles. The Bertz CT molecular complexity index is 986. The molecule has 31 heavy (non-hydrogen) atoms. The normalized spacial score (nSPS) is 34.1. The average Bonchev–Trinajstić information content (AvgIpc) is 3.36. The fourth-order valence-electron chi connectivity index (χ4n) is 7.37. The molecule has 4 aliphatic heterocycles. The second-order valence-electron chi connectivity index (χ2n) is 10.7. The topological polar surface area (TPSA) is 22.2 Å². The molecule has 2 aromatic carbocycles. The van der Waals surface area contributed by atoms with Crippen molar-refractivity contribution < 1.29 is 4.74 Å². The number of benzene rings is 2. The first kappa shape index (κ1) is 19.4. The lowest BCUT2D eigenvalue weighted by Crippen LogP contribution is -2.45. The van der Waals surface area contributed by atoms with E-state index in [4.69, 9.17) is 4.74 Å². The van der Waals surface area contributed by atoms with Gasteiger partial charge in [-0.25, -0.2) is 0 Å². The Hall–Kier alpha value is -2.24. The molecular weight excluding hydrogens is 384 g/mol. The molecule has 2 fully saturated rings. The third kappa shape index (κ3) is 2.39. The van der Waals surface area contributed by atoms with Crippen molar-refractivity contribution in [2.75, 3.05) is 51.1 Å². The fraction of sp³-hybridized carbons (Fsp3) is 0.538. The predicted molar refractivity (Wildman–Crippen MR) is 127 cm³/mol. The van der Waals surface area contributed by atoms with Gasteiger partial charge in [0.2, 0.25) is 0 Å². The average molecular weight is 419 g/mol. The summed E-state index contributed by atoms with van der Waals surface area (Å²) in [6, 6.07) is 13.3. The van der Waals surface area contributed by atoms with E-state index in [1.807, 2.05) is 0 Å². The summed E-state index contributed by atoms with van der Waals surface area (Å²) in [6.07, 6.45) is 3.25. The van der Waals surface area contributed by atoms with E-state index in [0.717, 1.165) is 24.6 Å². The monoisotopic (exact) mass is 418 g/mol. The Morgan fingerprint density at radius 1 is 0.710 bits per heavy atom. The van der Waals surface area contributed by atoms with E-state index in [-0.39, 0.29) is 10.8 Å². The number of likely N-dealkylation sites (N-methyl/N-ethyl adjacent to an activating group) is 4. The molecular formula is C26H34N4O. The van der Waals surface area contributed by atoms with Crippen LogP contribution in [0.25, 0.3) is 0 Å². The third-order valence-corrected chi connectivity index (χ3v) is 8.84. The number of fused-ring (bicyclic) bond motifs is 6. The van der Waals surface area contributed by atoms with Crippen LogP contribution in [0.3, 0.4) is 0 Å². The van der Waals surface area contributed by atoms with Crippen molar-refractivity contribution in [3.8, 4) is 11.5 Å². The standard InChI is InChI=1S/C26H34N4O/c1-25-11-13-27(3)23(25)29(5)21-9-7-17(15-19(21)25)31-18-8-10-22-20(16-18)26(2)12-14-28(4)24(26)30(22)6/h7-10,15-16,23-24H,11-14H2,1-6H3/t23-,24-,25+,26+/m1/s1. The van der Waals surface area contributed by atoms with E-state index in [1.54, 1.807) is 0 Å². The van der Waals surface area contributed by atoms with Crippen molar-refractivity contribution >= 4 is 11.4 Å². The van der Waals surface area contributed by atoms with Crippen molar-refractivity contribution in [1.29, 1.82) is 0 Å². The molecule has 4 atom stereocenters. The summed E-state index contributed by atoms with van der Waals surface area (Å²) in [5, 5.41) is 0. The van der Waals surface area contributed by atoms with E-state index in [9.17, 15) is 0 Å². The van der Waals surface area contributed by atoms with Crippen LogP contribution in [0.2, 0.25) is 0 Å². The molecule has 2 saturated heterocycles. The summed E-state index contributed by atoms with van der Waals surface area (Å²) < 4.78 is 6.48. The number of nitrogens with zero attached hydrogens (tertiary/aromatic N) is 4. The van der Waals surface area contributed by atoms with Gasteiger partial charge in [-0.2, -0.15) is 0 Å². The van der Waals surface area contributed by atoms with Gasteiger partial charge in [-0.15, -0.1) is 0 Å². The van der Waals surface area contributed by atoms with Crippen LogP contribution in [-0.2, 0) is 10.8 Å². The summed E-state index contributed by atoms with van der Waals surface area (Å²) in [5.74, 6) is 1.89. The Labute approximate surface area is 186 Å². The maximum Gasteiger partial charge on any atom is 0.127 e. The van der Waals surface area contributed by atoms with Gasteiger partial charge in [-0.3, -0.25) is 9.80 Å². The molecule has 0 spiro atoms. The van der Waals surface area contributed by atoms with E-state index < -0.39 is 0 Å². The van der Waals surface area contributed by atoms with Crippen LogP contribution in [0.15, 0.2) is 36.4 Å². The first-order valence-electron chi connectivity index (χ1n) is 11.6. The Morgan fingerprint density at radius 3 is 1.55 bits per heavy atom. The van der Waals surface area contributed by atoms with E-state index in [2.05, 4.69) is 98.0 Å². The molecule has 4 heterocycles. The zero-order chi connectivity index (χ0) is 21.7. The van der Waals surface area contributed by atoms with Gasteiger partial charge < -0.3 is 14.5 Å². The lowest BCUT2D eigenvalue weighted by molar-refractivity contribution is 0.268. The van der Waals surface area contributed by atoms with Crippen LogP contribution in [0, 0.1) is 0 Å². The number of anilines is 2. The third-order valence-electron chi connectivity index (χ3n) is 8.84. The van der Waals surface area contributed by atoms with Crippen molar-refractivity contribution in [2.24, 2.45) is 0 Å². The van der Waals surface area contributed by atoms with Crippen LogP contribution < -0.4 is 14.5 Å². The highest BCUT2D eigenvalue weighted by molar-refractivity contribution is 5.68. The fourth-order valence-corrected chi connectivity index (χ4v) is 7.37. The molecule has 0 N–H and O–H groups in total. The SMILES string of the molecule is CN1CC[C@@]2(C)c3cc(Oc4ccc5c(c4)[C@]4(C)CCN(C)[C@@H]4N5C)ccc3N(C)[C@@H]12. The van der Waals surface area contributed by atoms with Crippen LogP contribution >= 0.6 is 0 Å². The summed E-state index contributed by atoms with van der Waals surface area (Å²) in [4.78, 5) is 9.84. The molecule has 0 bridgehead atoms. The number of likely N-dealkylation sites (tertiary alicyclic amines) is 2. The highest BCUT2D eigenvalue weighted by atomic mass is 16.5. The van der Waals surface area contributed by atoms with Crippen LogP contribution in [-0.4, -0.2) is 63.4 Å². The minimum atomic E-state index is 0.161. The molecule has 2 aromatic rings. The van der Waals surface area contributed by atoms with Crippen LogP contribution in [0.1, 0.15) is 37.8 Å². The summed E-state index contributed by atoms with van der Waals surface area (Å²) in [5.41, 5.74) is 5.85. The highest BCUT2D eigenvalue weighted by Gasteiger charge is 2.53. The molecule has 6 rings (SSSR count). The number of ether oxygens (including phenoxy) is 1. The zero-order valence-corrected chi connectivity index (χ0v) is 19.6. The first-order valence-corrected chi connectivity index (χ1v) is 11.6. The van der Waals surface area contributed by atoms with Crippen LogP contribution in [0.4, 0.5) is 11.4 Å².